The summed E-state index contributed by atoms with van der Waals surface area (Å²) in [6.07, 6.45) is 4.25. The second-order valence-electron chi connectivity index (χ2n) is 8.15. The van der Waals surface area contributed by atoms with Gasteiger partial charge in [0.1, 0.15) is 23.7 Å². The van der Waals surface area contributed by atoms with E-state index in [4.69, 9.17) is 14.7 Å². The van der Waals surface area contributed by atoms with Crippen LogP contribution in [0.1, 0.15) is 35.6 Å². The molecule has 1 aromatic heterocycles. The third-order valence-corrected chi connectivity index (χ3v) is 5.70. The highest BCUT2D eigenvalue weighted by Gasteiger charge is 2.21. The van der Waals surface area contributed by atoms with E-state index in [1.165, 1.54) is 0 Å². The third-order valence-electron chi connectivity index (χ3n) is 5.70. The number of hydrogen-bond acceptors (Lipinski definition) is 6. The first-order chi connectivity index (χ1) is 16.7. The minimum atomic E-state index is -0.528. The van der Waals surface area contributed by atoms with E-state index in [0.29, 0.717) is 36.9 Å². The molecule has 1 saturated heterocycles. The fourth-order valence-corrected chi connectivity index (χ4v) is 3.82. The number of carbonyl (C=O) groups excluding carboxylic acids is 1. The molecule has 1 fully saturated rings. The Bertz CT molecular complexity index is 1090. The van der Waals surface area contributed by atoms with Gasteiger partial charge in [0, 0.05) is 19.4 Å². The van der Waals surface area contributed by atoms with Gasteiger partial charge in [-0.25, -0.2) is 4.98 Å². The number of amides is 1. The number of aromatic nitrogens is 1. The summed E-state index contributed by atoms with van der Waals surface area (Å²) in [6, 6.07) is 22.3. The Kier molecular flexibility index (Phi) is 8.22. The predicted octanol–water partition coefficient (Wildman–Crippen LogP) is 4.02. The first-order valence-electron chi connectivity index (χ1n) is 11.5. The second-order valence-corrected chi connectivity index (χ2v) is 8.15. The van der Waals surface area contributed by atoms with Crippen molar-refractivity contribution in [2.75, 3.05) is 25.1 Å². The lowest BCUT2D eigenvalue weighted by atomic mass is 10.1. The van der Waals surface area contributed by atoms with Crippen molar-refractivity contribution in [3.63, 3.8) is 0 Å². The zero-order valence-electron chi connectivity index (χ0n) is 18.9. The smallest absolute Gasteiger partial charge is 0.247 e. The number of nitrogens with zero attached hydrogens (tertiary/aromatic N) is 2. The molecule has 1 unspecified atom stereocenters. The van der Waals surface area contributed by atoms with Crippen LogP contribution < -0.4 is 15.4 Å². The fourth-order valence-electron chi connectivity index (χ4n) is 3.82. The van der Waals surface area contributed by atoms with E-state index in [0.717, 1.165) is 30.4 Å². The van der Waals surface area contributed by atoms with Crippen molar-refractivity contribution in [1.29, 1.82) is 5.26 Å². The highest BCUT2D eigenvalue weighted by Crippen LogP contribution is 2.20. The topological polar surface area (TPSA) is 96.3 Å². The van der Waals surface area contributed by atoms with Crippen molar-refractivity contribution in [3.05, 3.63) is 89.6 Å². The normalized spacial score (nSPS) is 14.7. The standard InChI is InChI=1S/C27H28N4O3/c28-18-21-8-6-20(7-9-21)12-15-29-26(22-4-2-1-3-5-22)27(32)31-25-11-10-24(19-30-25)34-23-13-16-33-17-14-23/h1-11,19,23,26,29H,12-17H2,(H,30,31,32). The molecular formula is C27H28N4O3. The number of anilines is 1. The lowest BCUT2D eigenvalue weighted by molar-refractivity contribution is -0.118. The summed E-state index contributed by atoms with van der Waals surface area (Å²) in [7, 11) is 0. The lowest BCUT2D eigenvalue weighted by Crippen LogP contribution is -2.34. The van der Waals surface area contributed by atoms with Crippen LogP contribution in [-0.2, 0) is 16.0 Å². The molecule has 174 valence electrons. The zero-order chi connectivity index (χ0) is 23.6. The van der Waals surface area contributed by atoms with Gasteiger partial charge >= 0.3 is 0 Å². The van der Waals surface area contributed by atoms with Crippen molar-refractivity contribution in [1.82, 2.24) is 10.3 Å². The second kappa shape index (κ2) is 11.9. The van der Waals surface area contributed by atoms with Gasteiger partial charge in [-0.2, -0.15) is 5.26 Å². The van der Waals surface area contributed by atoms with Gasteiger partial charge in [0.2, 0.25) is 5.91 Å². The number of pyridine rings is 1. The number of rotatable bonds is 9. The molecule has 7 nitrogen and oxygen atoms in total. The molecule has 3 aromatic rings. The molecule has 0 saturated carbocycles. The maximum Gasteiger partial charge on any atom is 0.247 e. The van der Waals surface area contributed by atoms with Gasteiger partial charge in [0.05, 0.1) is 31.0 Å². The minimum Gasteiger partial charge on any atom is -0.489 e. The van der Waals surface area contributed by atoms with E-state index < -0.39 is 6.04 Å². The molecule has 1 aliphatic heterocycles. The van der Waals surface area contributed by atoms with Crippen molar-refractivity contribution in [3.8, 4) is 11.8 Å². The molecule has 0 bridgehead atoms. The predicted molar refractivity (Wildman–Crippen MR) is 129 cm³/mol. The van der Waals surface area contributed by atoms with Crippen LogP contribution in [0, 0.1) is 11.3 Å². The summed E-state index contributed by atoms with van der Waals surface area (Å²) >= 11 is 0. The Balaban J connectivity index is 1.36. The average molecular weight is 457 g/mol. The molecule has 34 heavy (non-hydrogen) atoms. The van der Waals surface area contributed by atoms with Gasteiger partial charge in [-0.05, 0) is 41.8 Å². The van der Waals surface area contributed by atoms with Crippen LogP contribution in [0.3, 0.4) is 0 Å². The largest absolute Gasteiger partial charge is 0.489 e. The van der Waals surface area contributed by atoms with E-state index in [-0.39, 0.29) is 12.0 Å². The van der Waals surface area contributed by atoms with E-state index >= 15 is 0 Å². The molecule has 1 atom stereocenters. The molecule has 0 radical (unpaired) electrons. The molecule has 7 heteroatoms. The monoisotopic (exact) mass is 456 g/mol. The Morgan fingerprint density at radius 1 is 1.09 bits per heavy atom. The van der Waals surface area contributed by atoms with E-state index in [1.54, 1.807) is 24.4 Å². The van der Waals surface area contributed by atoms with E-state index in [1.807, 2.05) is 48.5 Å². The van der Waals surface area contributed by atoms with Crippen molar-refractivity contribution in [2.24, 2.45) is 0 Å². The molecule has 1 amide bonds. The Morgan fingerprint density at radius 2 is 1.85 bits per heavy atom. The molecule has 4 rings (SSSR count). The van der Waals surface area contributed by atoms with Crippen molar-refractivity contribution >= 4 is 11.7 Å². The minimum absolute atomic E-state index is 0.138. The van der Waals surface area contributed by atoms with Gasteiger partial charge in [-0.1, -0.05) is 42.5 Å². The highest BCUT2D eigenvalue weighted by molar-refractivity contribution is 5.94. The summed E-state index contributed by atoms with van der Waals surface area (Å²) in [5.41, 5.74) is 2.61. The number of carbonyl (C=O) groups is 1. The van der Waals surface area contributed by atoms with Gasteiger partial charge in [0.25, 0.3) is 0 Å². The maximum absolute atomic E-state index is 13.1. The number of nitrogens with one attached hydrogen (secondary N) is 2. The Labute approximate surface area is 199 Å². The maximum atomic E-state index is 13.1. The molecule has 1 aliphatic rings. The van der Waals surface area contributed by atoms with Gasteiger partial charge in [0.15, 0.2) is 0 Å². The van der Waals surface area contributed by atoms with Gasteiger partial charge in [-0.15, -0.1) is 0 Å². The SMILES string of the molecule is N#Cc1ccc(CCNC(C(=O)Nc2ccc(OC3CCOCC3)cn2)c2ccccc2)cc1. The van der Waals surface area contributed by atoms with E-state index in [9.17, 15) is 4.79 Å². The highest BCUT2D eigenvalue weighted by atomic mass is 16.5. The summed E-state index contributed by atoms with van der Waals surface area (Å²) in [6.45, 7) is 2.03. The van der Waals surface area contributed by atoms with Crippen LogP contribution in [0.4, 0.5) is 5.82 Å². The van der Waals surface area contributed by atoms with E-state index in [2.05, 4.69) is 21.7 Å². The average Bonchev–Trinajstić information content (AvgIpc) is 2.89. The molecule has 2 aromatic carbocycles. The Morgan fingerprint density at radius 3 is 2.53 bits per heavy atom. The molecule has 0 spiro atoms. The molecule has 2 N–H and O–H groups in total. The summed E-state index contributed by atoms with van der Waals surface area (Å²) in [4.78, 5) is 17.5. The first kappa shape index (κ1) is 23.4. The summed E-state index contributed by atoms with van der Waals surface area (Å²) in [5, 5.41) is 15.2. The number of ether oxygens (including phenoxy) is 2. The van der Waals surface area contributed by atoms with Crippen molar-refractivity contribution in [2.45, 2.75) is 31.4 Å². The van der Waals surface area contributed by atoms with Crippen LogP contribution in [0.15, 0.2) is 72.9 Å². The van der Waals surface area contributed by atoms with Crippen molar-refractivity contribution < 1.29 is 14.3 Å². The van der Waals surface area contributed by atoms with Crippen LogP contribution >= 0.6 is 0 Å². The first-order valence-corrected chi connectivity index (χ1v) is 11.5. The van der Waals surface area contributed by atoms with Gasteiger partial charge < -0.3 is 20.1 Å². The molecular weight excluding hydrogens is 428 g/mol. The van der Waals surface area contributed by atoms with Crippen LogP contribution in [-0.4, -0.2) is 36.8 Å². The summed E-state index contributed by atoms with van der Waals surface area (Å²) in [5.74, 6) is 0.973. The summed E-state index contributed by atoms with van der Waals surface area (Å²) < 4.78 is 11.3. The lowest BCUT2D eigenvalue weighted by Gasteiger charge is -2.23. The number of hydrogen-bond donors (Lipinski definition) is 2. The number of nitriles is 1. The fraction of sp³-hybridized carbons (Fsp3) is 0.296. The zero-order valence-corrected chi connectivity index (χ0v) is 18.9. The molecule has 2 heterocycles. The molecule has 0 aliphatic carbocycles. The van der Waals surface area contributed by atoms with Crippen LogP contribution in [0.25, 0.3) is 0 Å². The van der Waals surface area contributed by atoms with Gasteiger partial charge in [-0.3, -0.25) is 4.79 Å². The third kappa shape index (κ3) is 6.64. The van der Waals surface area contributed by atoms with Crippen LogP contribution in [0.2, 0.25) is 0 Å². The quantitative estimate of drug-likeness (QED) is 0.505. The number of benzene rings is 2. The van der Waals surface area contributed by atoms with Crippen LogP contribution in [0.5, 0.6) is 5.75 Å². The Hall–Kier alpha value is -3.73.